The summed E-state index contributed by atoms with van der Waals surface area (Å²) in [6.45, 7) is 3.49. The molecular formula is C30H32N2O3. The number of amides is 1. The number of carbonyl (C=O) groups is 1. The number of hydrogen-bond donors (Lipinski definition) is 0. The van der Waals surface area contributed by atoms with E-state index in [9.17, 15) is 4.79 Å². The van der Waals surface area contributed by atoms with E-state index in [0.717, 1.165) is 53.0 Å². The van der Waals surface area contributed by atoms with Gasteiger partial charge in [-0.15, -0.1) is 0 Å². The minimum atomic E-state index is -0.0564. The van der Waals surface area contributed by atoms with E-state index >= 15 is 0 Å². The van der Waals surface area contributed by atoms with Crippen LogP contribution in [-0.4, -0.2) is 42.4 Å². The van der Waals surface area contributed by atoms with Crippen LogP contribution in [0.25, 0.3) is 11.0 Å². The molecule has 0 radical (unpaired) electrons. The van der Waals surface area contributed by atoms with Crippen LogP contribution in [0.3, 0.4) is 0 Å². The van der Waals surface area contributed by atoms with Crippen LogP contribution in [0.2, 0.25) is 0 Å². The van der Waals surface area contributed by atoms with Crippen molar-refractivity contribution < 1.29 is 13.9 Å². The molecule has 1 unspecified atom stereocenters. The predicted octanol–water partition coefficient (Wildman–Crippen LogP) is 5.85. The molecule has 1 saturated heterocycles. The molecule has 5 nitrogen and oxygen atoms in total. The summed E-state index contributed by atoms with van der Waals surface area (Å²) < 4.78 is 11.8. The molecule has 1 aliphatic rings. The van der Waals surface area contributed by atoms with Crippen LogP contribution in [0.1, 0.15) is 35.6 Å². The Morgan fingerprint density at radius 3 is 2.60 bits per heavy atom. The molecule has 35 heavy (non-hydrogen) atoms. The fourth-order valence-electron chi connectivity index (χ4n) is 4.84. The van der Waals surface area contributed by atoms with Gasteiger partial charge in [0.15, 0.2) is 0 Å². The van der Waals surface area contributed by atoms with E-state index in [0.29, 0.717) is 13.0 Å². The second-order valence-electron chi connectivity index (χ2n) is 9.31. The summed E-state index contributed by atoms with van der Waals surface area (Å²) in [5.74, 6) is 0.899. The van der Waals surface area contributed by atoms with Gasteiger partial charge in [0.1, 0.15) is 17.9 Å². The van der Waals surface area contributed by atoms with Crippen LogP contribution in [0.15, 0.2) is 89.5 Å². The molecule has 0 N–H and O–H groups in total. The van der Waals surface area contributed by atoms with Gasteiger partial charge < -0.3 is 19.0 Å². The van der Waals surface area contributed by atoms with Crippen molar-refractivity contribution in [2.75, 3.05) is 26.7 Å². The van der Waals surface area contributed by atoms with Crippen LogP contribution in [-0.2, 0) is 17.8 Å². The van der Waals surface area contributed by atoms with Gasteiger partial charge in [-0.05, 0) is 55.3 Å². The van der Waals surface area contributed by atoms with Crippen molar-refractivity contribution in [2.24, 2.45) is 0 Å². The van der Waals surface area contributed by atoms with Crippen molar-refractivity contribution in [2.45, 2.75) is 31.9 Å². The van der Waals surface area contributed by atoms with Gasteiger partial charge in [0, 0.05) is 24.5 Å². The molecule has 1 fully saturated rings. The predicted molar refractivity (Wildman–Crippen MR) is 138 cm³/mol. The lowest BCUT2D eigenvalue weighted by Crippen LogP contribution is -2.39. The van der Waals surface area contributed by atoms with Crippen LogP contribution in [0.5, 0.6) is 5.75 Å². The highest BCUT2D eigenvalue weighted by Crippen LogP contribution is 2.28. The molecule has 180 valence electrons. The molecule has 0 bridgehead atoms. The highest BCUT2D eigenvalue weighted by molar-refractivity contribution is 5.87. The van der Waals surface area contributed by atoms with Crippen molar-refractivity contribution in [3.05, 3.63) is 102 Å². The summed E-state index contributed by atoms with van der Waals surface area (Å²) in [4.78, 5) is 17.8. The summed E-state index contributed by atoms with van der Waals surface area (Å²) in [5, 5.41) is 1.00. The quantitative estimate of drug-likeness (QED) is 0.309. The highest BCUT2D eigenvalue weighted by Gasteiger charge is 2.26. The smallest absolute Gasteiger partial charge is 0.227 e. The first-order chi connectivity index (χ1) is 17.2. The lowest BCUT2D eigenvalue weighted by Gasteiger charge is -2.32. The van der Waals surface area contributed by atoms with E-state index in [1.165, 1.54) is 12.8 Å². The Morgan fingerprint density at radius 1 is 1.00 bits per heavy atom. The van der Waals surface area contributed by atoms with Crippen molar-refractivity contribution >= 4 is 16.9 Å². The molecular weight excluding hydrogens is 436 g/mol. The van der Waals surface area contributed by atoms with E-state index in [4.69, 9.17) is 9.15 Å². The van der Waals surface area contributed by atoms with Crippen LogP contribution in [0.4, 0.5) is 0 Å². The zero-order chi connectivity index (χ0) is 24.0. The van der Waals surface area contributed by atoms with E-state index in [1.54, 1.807) is 6.26 Å². The van der Waals surface area contributed by atoms with Crippen molar-refractivity contribution in [3.63, 3.8) is 0 Å². The third-order valence-electron chi connectivity index (χ3n) is 6.88. The maximum atomic E-state index is 13.5. The van der Waals surface area contributed by atoms with Crippen molar-refractivity contribution in [1.82, 2.24) is 9.80 Å². The lowest BCUT2D eigenvalue weighted by atomic mass is 10.0. The number of furan rings is 1. The fourth-order valence-corrected chi connectivity index (χ4v) is 4.84. The molecule has 2 heterocycles. The van der Waals surface area contributed by atoms with Crippen LogP contribution >= 0.6 is 0 Å². The monoisotopic (exact) mass is 468 g/mol. The number of likely N-dealkylation sites (tertiary alicyclic amines) is 1. The summed E-state index contributed by atoms with van der Waals surface area (Å²) in [6, 6.07) is 26.2. The number of benzene rings is 3. The molecule has 5 heteroatoms. The average Bonchev–Trinajstić information content (AvgIpc) is 3.57. The Bertz CT molecular complexity index is 1260. The Labute approximate surface area is 206 Å². The number of likely N-dealkylation sites (N-methyl/N-ethyl adjacent to an activating group) is 1. The van der Waals surface area contributed by atoms with Crippen LogP contribution < -0.4 is 4.74 Å². The van der Waals surface area contributed by atoms with Crippen LogP contribution in [0, 0.1) is 0 Å². The number of carbonyl (C=O) groups excluding carboxylic acids is 1. The first-order valence-corrected chi connectivity index (χ1v) is 12.4. The second kappa shape index (κ2) is 10.8. The Kier molecular flexibility index (Phi) is 7.15. The number of nitrogens with zero attached hydrogens (tertiary/aromatic N) is 2. The maximum absolute atomic E-state index is 13.5. The Balaban J connectivity index is 1.35. The summed E-state index contributed by atoms with van der Waals surface area (Å²) >= 11 is 0. The average molecular weight is 469 g/mol. The zero-order valence-corrected chi connectivity index (χ0v) is 20.2. The topological polar surface area (TPSA) is 45.9 Å². The van der Waals surface area contributed by atoms with Gasteiger partial charge in [0.25, 0.3) is 0 Å². The maximum Gasteiger partial charge on any atom is 0.227 e. The Hall–Kier alpha value is -3.57. The standard InChI is InChI=1S/C30H32N2O3/c1-31(30(33)19-25-22-35-29-15-6-5-14-27(25)29)28(20-32-16-7-8-17-32)24-12-9-13-26(18-24)34-21-23-10-3-2-4-11-23/h2-6,9-15,18,22,28H,7-8,16-17,19-21H2,1H3. The number of ether oxygens (including phenoxy) is 1. The third-order valence-corrected chi connectivity index (χ3v) is 6.88. The largest absolute Gasteiger partial charge is 0.489 e. The van der Waals surface area contributed by atoms with E-state index in [1.807, 2.05) is 66.5 Å². The van der Waals surface area contributed by atoms with E-state index < -0.39 is 0 Å². The highest BCUT2D eigenvalue weighted by atomic mass is 16.5. The molecule has 0 spiro atoms. The molecule has 4 aromatic rings. The van der Waals surface area contributed by atoms with E-state index in [-0.39, 0.29) is 11.9 Å². The number of hydrogen-bond acceptors (Lipinski definition) is 4. The van der Waals surface area contributed by atoms with Gasteiger partial charge in [-0.25, -0.2) is 0 Å². The minimum Gasteiger partial charge on any atom is -0.489 e. The number of para-hydroxylation sites is 1. The summed E-state index contributed by atoms with van der Waals surface area (Å²) in [5.41, 5.74) is 3.97. The van der Waals surface area contributed by atoms with Crippen molar-refractivity contribution in [3.8, 4) is 5.75 Å². The molecule has 1 amide bonds. The Morgan fingerprint density at radius 2 is 1.77 bits per heavy atom. The first kappa shape index (κ1) is 23.2. The van der Waals surface area contributed by atoms with Gasteiger partial charge in [-0.1, -0.05) is 60.7 Å². The molecule has 1 atom stereocenters. The summed E-state index contributed by atoms with van der Waals surface area (Å²) in [6.07, 6.45) is 4.45. The van der Waals surface area contributed by atoms with E-state index in [2.05, 4.69) is 29.2 Å². The van der Waals surface area contributed by atoms with Gasteiger partial charge in [0.2, 0.25) is 5.91 Å². The van der Waals surface area contributed by atoms with Crippen molar-refractivity contribution in [1.29, 1.82) is 0 Å². The van der Waals surface area contributed by atoms with Gasteiger partial charge >= 0.3 is 0 Å². The second-order valence-corrected chi connectivity index (χ2v) is 9.31. The normalized spacial score (nSPS) is 14.8. The fraction of sp³-hybridized carbons (Fsp3) is 0.300. The summed E-state index contributed by atoms with van der Waals surface area (Å²) in [7, 11) is 1.92. The molecule has 3 aromatic carbocycles. The lowest BCUT2D eigenvalue weighted by molar-refractivity contribution is -0.131. The number of rotatable bonds is 9. The molecule has 1 aliphatic heterocycles. The number of fused-ring (bicyclic) bond motifs is 1. The first-order valence-electron chi connectivity index (χ1n) is 12.4. The SMILES string of the molecule is CN(C(=O)Cc1coc2ccccc12)C(CN1CCCC1)c1cccc(OCc2ccccc2)c1. The molecule has 5 rings (SSSR count). The third kappa shape index (κ3) is 5.57. The minimum absolute atomic E-state index is 0.0564. The molecule has 0 saturated carbocycles. The molecule has 1 aromatic heterocycles. The molecule has 0 aliphatic carbocycles. The van der Waals surface area contributed by atoms with Gasteiger partial charge in [-0.2, -0.15) is 0 Å². The van der Waals surface area contributed by atoms with Gasteiger partial charge in [0.05, 0.1) is 18.7 Å². The zero-order valence-electron chi connectivity index (χ0n) is 20.2. The van der Waals surface area contributed by atoms with Gasteiger partial charge in [-0.3, -0.25) is 4.79 Å².